The van der Waals surface area contributed by atoms with E-state index in [9.17, 15) is 0 Å². The van der Waals surface area contributed by atoms with Crippen molar-refractivity contribution >= 4 is 27.3 Å². The van der Waals surface area contributed by atoms with Gasteiger partial charge < -0.3 is 10.5 Å². The molecule has 0 atom stereocenters. The summed E-state index contributed by atoms with van der Waals surface area (Å²) in [5.74, 6) is 0.931. The fraction of sp³-hybridized carbons (Fsp3) is 0.333. The third-order valence-electron chi connectivity index (χ3n) is 2.87. The maximum atomic E-state index is 5.92. The molecule has 19 heavy (non-hydrogen) atoms. The van der Waals surface area contributed by atoms with Gasteiger partial charge in [0.05, 0.1) is 0 Å². The second kappa shape index (κ2) is 7.08. The van der Waals surface area contributed by atoms with Crippen molar-refractivity contribution in [1.29, 1.82) is 0 Å². The van der Waals surface area contributed by atoms with Gasteiger partial charge in [-0.2, -0.15) is 0 Å². The number of thiophene rings is 1. The van der Waals surface area contributed by atoms with Crippen LogP contribution in [-0.4, -0.2) is 6.54 Å². The van der Waals surface area contributed by atoms with Crippen LogP contribution in [0.5, 0.6) is 5.75 Å². The van der Waals surface area contributed by atoms with Gasteiger partial charge in [-0.1, -0.05) is 22.9 Å². The fourth-order valence-corrected chi connectivity index (χ4v) is 3.16. The Bertz CT molecular complexity index is 539. The molecule has 0 aliphatic heterocycles. The third kappa shape index (κ3) is 4.06. The molecule has 0 amide bonds. The van der Waals surface area contributed by atoms with Crippen LogP contribution in [0.4, 0.5) is 0 Å². The molecule has 102 valence electrons. The number of hydrogen-bond acceptors (Lipinski definition) is 3. The normalized spacial score (nSPS) is 10.7. The number of nitrogens with two attached hydrogens (primary N) is 1. The van der Waals surface area contributed by atoms with E-state index in [-0.39, 0.29) is 0 Å². The molecule has 0 spiro atoms. The minimum absolute atomic E-state index is 0.629. The average molecular weight is 340 g/mol. The maximum Gasteiger partial charge on any atom is 0.123 e. The Morgan fingerprint density at radius 1 is 1.21 bits per heavy atom. The number of rotatable bonds is 6. The second-order valence-electron chi connectivity index (χ2n) is 4.30. The molecule has 4 heteroatoms. The van der Waals surface area contributed by atoms with Crippen LogP contribution in [0.25, 0.3) is 0 Å². The molecular weight excluding hydrogens is 322 g/mol. The van der Waals surface area contributed by atoms with Crippen molar-refractivity contribution < 1.29 is 4.74 Å². The van der Waals surface area contributed by atoms with Crippen LogP contribution in [-0.2, 0) is 19.4 Å². The molecule has 0 aliphatic carbocycles. The molecule has 0 fully saturated rings. The smallest absolute Gasteiger partial charge is 0.123 e. The predicted molar refractivity (Wildman–Crippen MR) is 84.9 cm³/mol. The van der Waals surface area contributed by atoms with Gasteiger partial charge in [0.25, 0.3) is 0 Å². The van der Waals surface area contributed by atoms with Gasteiger partial charge in [-0.3, -0.25) is 0 Å². The van der Waals surface area contributed by atoms with Crippen LogP contribution in [0.3, 0.4) is 0 Å². The van der Waals surface area contributed by atoms with Crippen molar-refractivity contribution in [2.24, 2.45) is 5.73 Å². The van der Waals surface area contributed by atoms with Gasteiger partial charge >= 0.3 is 0 Å². The fourth-order valence-electron chi connectivity index (χ4n) is 1.88. The van der Waals surface area contributed by atoms with Gasteiger partial charge in [0.2, 0.25) is 0 Å². The van der Waals surface area contributed by atoms with E-state index < -0.39 is 0 Å². The molecular formula is C15H18BrNOS. The van der Waals surface area contributed by atoms with E-state index in [1.54, 1.807) is 0 Å². The molecule has 2 N–H and O–H groups in total. The standard InChI is InChI=1S/C15H18BrNOS/c1-2-13-4-5-14(19-13)10-18-15-6-3-12(16)9-11(15)7-8-17/h3-6,9H,2,7-8,10,17H2,1H3. The zero-order valence-electron chi connectivity index (χ0n) is 11.0. The summed E-state index contributed by atoms with van der Waals surface area (Å²) >= 11 is 5.30. The Morgan fingerprint density at radius 3 is 2.68 bits per heavy atom. The van der Waals surface area contributed by atoms with Crippen LogP contribution in [0.15, 0.2) is 34.8 Å². The van der Waals surface area contributed by atoms with E-state index in [1.807, 2.05) is 23.5 Å². The van der Waals surface area contributed by atoms with E-state index in [0.29, 0.717) is 13.2 Å². The lowest BCUT2D eigenvalue weighted by atomic mass is 10.1. The van der Waals surface area contributed by atoms with Crippen molar-refractivity contribution in [3.8, 4) is 5.75 Å². The highest BCUT2D eigenvalue weighted by Crippen LogP contribution is 2.25. The highest BCUT2D eigenvalue weighted by atomic mass is 79.9. The quantitative estimate of drug-likeness (QED) is 0.857. The summed E-state index contributed by atoms with van der Waals surface area (Å²) in [6.07, 6.45) is 1.92. The topological polar surface area (TPSA) is 35.2 Å². The number of benzene rings is 1. The van der Waals surface area contributed by atoms with E-state index in [2.05, 4.69) is 41.1 Å². The molecule has 1 aromatic heterocycles. The Morgan fingerprint density at radius 2 is 2.00 bits per heavy atom. The van der Waals surface area contributed by atoms with Crippen molar-refractivity contribution in [2.75, 3.05) is 6.54 Å². The first kappa shape index (κ1) is 14.6. The van der Waals surface area contributed by atoms with Crippen LogP contribution >= 0.6 is 27.3 Å². The summed E-state index contributed by atoms with van der Waals surface area (Å²) in [5.41, 5.74) is 6.80. The van der Waals surface area contributed by atoms with Gasteiger partial charge in [-0.25, -0.2) is 0 Å². The summed E-state index contributed by atoms with van der Waals surface area (Å²) in [5, 5.41) is 0. The minimum Gasteiger partial charge on any atom is -0.488 e. The van der Waals surface area contributed by atoms with E-state index >= 15 is 0 Å². The van der Waals surface area contributed by atoms with Gasteiger partial charge in [-0.15, -0.1) is 11.3 Å². The lowest BCUT2D eigenvalue weighted by Crippen LogP contribution is -2.05. The van der Waals surface area contributed by atoms with Crippen molar-refractivity contribution in [2.45, 2.75) is 26.4 Å². The molecule has 2 rings (SSSR count). The van der Waals surface area contributed by atoms with Crippen molar-refractivity contribution in [1.82, 2.24) is 0 Å². The minimum atomic E-state index is 0.629. The zero-order chi connectivity index (χ0) is 13.7. The van der Waals surface area contributed by atoms with E-state index in [4.69, 9.17) is 10.5 Å². The number of halogens is 1. The first-order valence-electron chi connectivity index (χ1n) is 6.41. The lowest BCUT2D eigenvalue weighted by molar-refractivity contribution is 0.306. The molecule has 0 radical (unpaired) electrons. The van der Waals surface area contributed by atoms with Crippen LogP contribution in [0, 0.1) is 0 Å². The Balaban J connectivity index is 2.05. The summed E-state index contributed by atoms with van der Waals surface area (Å²) in [7, 11) is 0. The predicted octanol–water partition coefficient (Wildman–Crippen LogP) is 4.15. The summed E-state index contributed by atoms with van der Waals surface area (Å²) in [4.78, 5) is 2.66. The van der Waals surface area contributed by atoms with Gasteiger partial charge in [0.15, 0.2) is 0 Å². The molecule has 0 aliphatic rings. The summed E-state index contributed by atoms with van der Waals surface area (Å²) in [6.45, 7) is 3.43. The SMILES string of the molecule is CCc1ccc(COc2ccc(Br)cc2CCN)s1. The third-order valence-corrected chi connectivity index (χ3v) is 4.57. The van der Waals surface area contributed by atoms with Gasteiger partial charge in [-0.05, 0) is 55.3 Å². The molecule has 1 heterocycles. The average Bonchev–Trinajstić information content (AvgIpc) is 2.86. The largest absolute Gasteiger partial charge is 0.488 e. The van der Waals surface area contributed by atoms with Crippen molar-refractivity contribution in [3.63, 3.8) is 0 Å². The number of ether oxygens (including phenoxy) is 1. The van der Waals surface area contributed by atoms with Crippen LogP contribution < -0.4 is 10.5 Å². The summed E-state index contributed by atoms with van der Waals surface area (Å²) < 4.78 is 6.99. The lowest BCUT2D eigenvalue weighted by Gasteiger charge is -2.10. The molecule has 0 bridgehead atoms. The summed E-state index contributed by atoms with van der Waals surface area (Å²) in [6, 6.07) is 10.4. The zero-order valence-corrected chi connectivity index (χ0v) is 13.4. The Hall–Kier alpha value is -0.840. The monoisotopic (exact) mass is 339 g/mol. The van der Waals surface area contributed by atoms with Crippen LogP contribution in [0.1, 0.15) is 22.2 Å². The first-order valence-corrected chi connectivity index (χ1v) is 8.02. The number of hydrogen-bond donors (Lipinski definition) is 1. The van der Waals surface area contributed by atoms with E-state index in [0.717, 1.165) is 28.6 Å². The van der Waals surface area contributed by atoms with Crippen LogP contribution in [0.2, 0.25) is 0 Å². The molecule has 2 nitrogen and oxygen atoms in total. The van der Waals surface area contributed by atoms with Crippen molar-refractivity contribution in [3.05, 3.63) is 50.1 Å². The maximum absolute atomic E-state index is 5.92. The van der Waals surface area contributed by atoms with Gasteiger partial charge in [0, 0.05) is 14.2 Å². The highest BCUT2D eigenvalue weighted by molar-refractivity contribution is 9.10. The molecule has 0 saturated carbocycles. The first-order chi connectivity index (χ1) is 9.22. The Kier molecular flexibility index (Phi) is 5.43. The Labute approximate surface area is 126 Å². The molecule has 0 saturated heterocycles. The molecule has 1 aromatic carbocycles. The molecule has 2 aromatic rings. The second-order valence-corrected chi connectivity index (χ2v) is 6.47. The number of aryl methyl sites for hydroxylation is 1. The molecule has 0 unspecified atom stereocenters. The highest BCUT2D eigenvalue weighted by Gasteiger charge is 2.06. The van der Waals surface area contributed by atoms with E-state index in [1.165, 1.54) is 9.75 Å². The van der Waals surface area contributed by atoms with Gasteiger partial charge in [0.1, 0.15) is 12.4 Å².